The van der Waals surface area contributed by atoms with E-state index in [4.69, 9.17) is 10.3 Å². The molecule has 2 aromatic rings. The Bertz CT molecular complexity index is 490. The number of hydrogen-bond donors (Lipinski definition) is 2. The first kappa shape index (κ1) is 9.25. The van der Waals surface area contributed by atoms with E-state index in [0.717, 1.165) is 10.9 Å². The number of aromatic nitrogens is 3. The number of hydrogen-bond acceptors (Lipinski definition) is 6. The Morgan fingerprint density at radius 2 is 2.47 bits per heavy atom. The Morgan fingerprint density at radius 1 is 1.60 bits per heavy atom. The molecule has 0 aromatic carbocycles. The molecular formula is C8H9N5O2. The van der Waals surface area contributed by atoms with Gasteiger partial charge in [-0.1, -0.05) is 0 Å². The van der Waals surface area contributed by atoms with Crippen molar-refractivity contribution >= 4 is 5.95 Å². The van der Waals surface area contributed by atoms with Crippen molar-refractivity contribution in [1.29, 1.82) is 0 Å². The number of nitrogen functional groups attached to an aromatic ring is 1. The number of anilines is 1. The standard InChI is InChI=1S/C8H9N5O2/c9-13-7(14)5-11-12-8(13)10-4-6-2-1-3-15-6/h1-3,5H,4,9H2,(H,10,12). The molecule has 0 saturated heterocycles. The van der Waals surface area contributed by atoms with Crippen molar-refractivity contribution in [2.45, 2.75) is 6.54 Å². The van der Waals surface area contributed by atoms with Crippen LogP contribution in [0.25, 0.3) is 0 Å². The average molecular weight is 207 g/mol. The highest BCUT2D eigenvalue weighted by molar-refractivity contribution is 5.24. The van der Waals surface area contributed by atoms with Crippen LogP contribution in [0.4, 0.5) is 5.95 Å². The van der Waals surface area contributed by atoms with E-state index < -0.39 is 5.56 Å². The first-order valence-electron chi connectivity index (χ1n) is 4.23. The minimum Gasteiger partial charge on any atom is -0.467 e. The second-order valence-corrected chi connectivity index (χ2v) is 2.81. The Hall–Kier alpha value is -2.31. The average Bonchev–Trinajstić information content (AvgIpc) is 2.73. The second kappa shape index (κ2) is 3.82. The van der Waals surface area contributed by atoms with Crippen LogP contribution in [0.15, 0.2) is 33.8 Å². The minimum atomic E-state index is -0.424. The highest BCUT2D eigenvalue weighted by atomic mass is 16.3. The van der Waals surface area contributed by atoms with Crippen LogP contribution < -0.4 is 16.7 Å². The summed E-state index contributed by atoms with van der Waals surface area (Å²) in [6, 6.07) is 3.56. The zero-order valence-corrected chi connectivity index (χ0v) is 7.75. The van der Waals surface area contributed by atoms with Crippen LogP contribution in [0.1, 0.15) is 5.76 Å². The molecule has 0 saturated carbocycles. The number of nitrogens with two attached hydrogens (primary N) is 1. The number of rotatable bonds is 3. The van der Waals surface area contributed by atoms with Gasteiger partial charge in [-0.05, 0) is 12.1 Å². The third-order valence-electron chi connectivity index (χ3n) is 1.79. The zero-order chi connectivity index (χ0) is 10.7. The summed E-state index contributed by atoms with van der Waals surface area (Å²) in [6.07, 6.45) is 2.60. The second-order valence-electron chi connectivity index (χ2n) is 2.81. The predicted molar refractivity (Wildman–Crippen MR) is 52.5 cm³/mol. The molecule has 78 valence electrons. The third-order valence-corrected chi connectivity index (χ3v) is 1.79. The lowest BCUT2D eigenvalue weighted by molar-refractivity contribution is 0.517. The van der Waals surface area contributed by atoms with Crippen molar-refractivity contribution in [3.05, 3.63) is 40.7 Å². The van der Waals surface area contributed by atoms with Gasteiger partial charge in [0, 0.05) is 0 Å². The van der Waals surface area contributed by atoms with Crippen molar-refractivity contribution in [1.82, 2.24) is 14.9 Å². The monoisotopic (exact) mass is 207 g/mol. The summed E-state index contributed by atoms with van der Waals surface area (Å²) in [5.41, 5.74) is -0.424. The minimum absolute atomic E-state index is 0.193. The molecule has 0 fully saturated rings. The molecule has 2 aromatic heterocycles. The quantitative estimate of drug-likeness (QED) is 0.662. The van der Waals surface area contributed by atoms with Crippen LogP contribution in [0.3, 0.4) is 0 Å². The van der Waals surface area contributed by atoms with Crippen molar-refractivity contribution in [3.63, 3.8) is 0 Å². The number of nitrogens with one attached hydrogen (secondary N) is 1. The van der Waals surface area contributed by atoms with E-state index in [-0.39, 0.29) is 5.95 Å². The van der Waals surface area contributed by atoms with Crippen LogP contribution in [-0.4, -0.2) is 14.9 Å². The van der Waals surface area contributed by atoms with Crippen LogP contribution in [-0.2, 0) is 6.54 Å². The molecule has 0 aliphatic heterocycles. The van der Waals surface area contributed by atoms with E-state index in [2.05, 4.69) is 15.5 Å². The van der Waals surface area contributed by atoms with Gasteiger partial charge in [-0.2, -0.15) is 4.68 Å². The van der Waals surface area contributed by atoms with Gasteiger partial charge >= 0.3 is 0 Å². The summed E-state index contributed by atoms with van der Waals surface area (Å²) >= 11 is 0. The van der Waals surface area contributed by atoms with Gasteiger partial charge in [0.05, 0.1) is 12.8 Å². The maximum atomic E-state index is 11.1. The van der Waals surface area contributed by atoms with E-state index in [0.29, 0.717) is 12.3 Å². The summed E-state index contributed by atoms with van der Waals surface area (Å²) in [7, 11) is 0. The van der Waals surface area contributed by atoms with Gasteiger partial charge in [-0.25, -0.2) is 0 Å². The van der Waals surface area contributed by atoms with Gasteiger partial charge in [0.1, 0.15) is 12.0 Å². The molecule has 0 unspecified atom stereocenters. The molecule has 0 radical (unpaired) electrons. The SMILES string of the molecule is Nn1c(NCc2ccco2)nncc1=O. The lowest BCUT2D eigenvalue weighted by atomic mass is 10.4. The van der Waals surface area contributed by atoms with Gasteiger partial charge in [0.15, 0.2) is 0 Å². The number of furan rings is 1. The Balaban J connectivity index is 2.12. The van der Waals surface area contributed by atoms with Crippen LogP contribution >= 0.6 is 0 Å². The van der Waals surface area contributed by atoms with E-state index in [1.54, 1.807) is 18.4 Å². The summed E-state index contributed by atoms with van der Waals surface area (Å²) in [4.78, 5) is 11.1. The molecule has 0 spiro atoms. The van der Waals surface area contributed by atoms with Gasteiger partial charge in [-0.3, -0.25) is 4.79 Å². The topological polar surface area (TPSA) is 99.0 Å². The summed E-state index contributed by atoms with van der Waals surface area (Å²) in [6.45, 7) is 0.391. The normalized spacial score (nSPS) is 10.1. The zero-order valence-electron chi connectivity index (χ0n) is 7.75. The Morgan fingerprint density at radius 3 is 3.20 bits per heavy atom. The molecule has 15 heavy (non-hydrogen) atoms. The van der Waals surface area contributed by atoms with Crippen molar-refractivity contribution in [2.75, 3.05) is 11.2 Å². The molecule has 0 aliphatic rings. The molecular weight excluding hydrogens is 198 g/mol. The molecule has 7 nitrogen and oxygen atoms in total. The van der Waals surface area contributed by atoms with Crippen molar-refractivity contribution in [3.8, 4) is 0 Å². The maximum absolute atomic E-state index is 11.1. The first-order valence-corrected chi connectivity index (χ1v) is 4.23. The van der Waals surface area contributed by atoms with Gasteiger partial charge in [-0.15, -0.1) is 10.2 Å². The van der Waals surface area contributed by atoms with E-state index in [1.807, 2.05) is 0 Å². The van der Waals surface area contributed by atoms with E-state index >= 15 is 0 Å². The van der Waals surface area contributed by atoms with E-state index in [1.165, 1.54) is 0 Å². The fourth-order valence-corrected chi connectivity index (χ4v) is 1.05. The molecule has 7 heteroatoms. The molecule has 0 aliphatic carbocycles. The fraction of sp³-hybridized carbons (Fsp3) is 0.125. The van der Waals surface area contributed by atoms with E-state index in [9.17, 15) is 4.79 Å². The molecule has 0 bridgehead atoms. The summed E-state index contributed by atoms with van der Waals surface area (Å²) in [5, 5.41) is 9.99. The fourth-order valence-electron chi connectivity index (χ4n) is 1.05. The summed E-state index contributed by atoms with van der Waals surface area (Å²) in [5.74, 6) is 6.34. The highest BCUT2D eigenvalue weighted by Gasteiger charge is 2.02. The Kier molecular flexibility index (Phi) is 2.36. The van der Waals surface area contributed by atoms with Crippen LogP contribution in [0, 0.1) is 0 Å². The molecule has 2 rings (SSSR count). The van der Waals surface area contributed by atoms with Crippen molar-refractivity contribution in [2.24, 2.45) is 0 Å². The molecule has 0 atom stereocenters. The number of nitrogens with zero attached hydrogens (tertiary/aromatic N) is 3. The molecule has 2 heterocycles. The Labute approximate surface area is 84.5 Å². The highest BCUT2D eigenvalue weighted by Crippen LogP contribution is 2.02. The first-order chi connectivity index (χ1) is 7.27. The third kappa shape index (κ3) is 1.96. The van der Waals surface area contributed by atoms with Crippen LogP contribution in [0.2, 0.25) is 0 Å². The summed E-state index contributed by atoms with van der Waals surface area (Å²) < 4.78 is 5.97. The van der Waals surface area contributed by atoms with Crippen molar-refractivity contribution < 1.29 is 4.42 Å². The molecule has 3 N–H and O–H groups in total. The smallest absolute Gasteiger partial charge is 0.292 e. The lowest BCUT2D eigenvalue weighted by Crippen LogP contribution is -2.30. The van der Waals surface area contributed by atoms with Gasteiger partial charge < -0.3 is 15.6 Å². The van der Waals surface area contributed by atoms with Gasteiger partial charge in [0.2, 0.25) is 5.95 Å². The predicted octanol–water partition coefficient (Wildman–Crippen LogP) is -0.443. The van der Waals surface area contributed by atoms with Gasteiger partial charge in [0.25, 0.3) is 5.56 Å². The lowest BCUT2D eigenvalue weighted by Gasteiger charge is -2.05. The largest absolute Gasteiger partial charge is 0.467 e. The molecule has 0 amide bonds. The maximum Gasteiger partial charge on any atom is 0.292 e. The van der Waals surface area contributed by atoms with Crippen LogP contribution in [0.5, 0.6) is 0 Å².